The Morgan fingerprint density at radius 2 is 2.00 bits per heavy atom. The van der Waals surface area contributed by atoms with Crippen LogP contribution in [0.5, 0.6) is 0 Å². The van der Waals surface area contributed by atoms with E-state index in [1.807, 2.05) is 0 Å². The van der Waals surface area contributed by atoms with Gasteiger partial charge in [-0.1, -0.05) is 13.8 Å². The predicted molar refractivity (Wildman–Crippen MR) is 37.7 cm³/mol. The summed E-state index contributed by atoms with van der Waals surface area (Å²) in [5.74, 6) is 0.595. The zero-order valence-corrected chi connectivity index (χ0v) is 6.15. The minimum atomic E-state index is 0.595. The topological polar surface area (TPSA) is 3.24 Å². The Kier molecular flexibility index (Phi) is 3.88. The zero-order chi connectivity index (χ0) is 6.57. The molecule has 0 aromatic rings. The molecule has 0 heterocycles. The standard InChI is InChI=1S/C7H16N/c1-7(2)5-6-8(3)4/h7H,1,5-6H2,2-4H3. The van der Waals surface area contributed by atoms with Gasteiger partial charge in [0.2, 0.25) is 0 Å². The second-order valence-electron chi connectivity index (χ2n) is 2.70. The summed E-state index contributed by atoms with van der Waals surface area (Å²) in [6.07, 6.45) is 1.20. The average molecular weight is 114 g/mol. The van der Waals surface area contributed by atoms with Crippen LogP contribution in [0.4, 0.5) is 0 Å². The Hall–Kier alpha value is -0.0400. The van der Waals surface area contributed by atoms with Crippen molar-refractivity contribution < 1.29 is 0 Å². The molecular weight excluding hydrogens is 98.1 g/mol. The molecule has 0 saturated heterocycles. The van der Waals surface area contributed by atoms with Crippen molar-refractivity contribution in [1.82, 2.24) is 4.90 Å². The van der Waals surface area contributed by atoms with Gasteiger partial charge in [-0.2, -0.15) is 0 Å². The van der Waals surface area contributed by atoms with Gasteiger partial charge < -0.3 is 4.90 Å². The Labute approximate surface area is 52.7 Å². The number of nitrogens with zero attached hydrogens (tertiary/aromatic N) is 1. The Morgan fingerprint density at radius 3 is 2.12 bits per heavy atom. The molecule has 0 aliphatic heterocycles. The fourth-order valence-electron chi connectivity index (χ4n) is 0.479. The van der Waals surface area contributed by atoms with Crippen LogP contribution in [0.3, 0.4) is 0 Å². The van der Waals surface area contributed by atoms with Crippen LogP contribution in [0, 0.1) is 12.8 Å². The van der Waals surface area contributed by atoms with Gasteiger partial charge in [0, 0.05) is 0 Å². The van der Waals surface area contributed by atoms with Crippen LogP contribution in [0.2, 0.25) is 0 Å². The van der Waals surface area contributed by atoms with E-state index in [2.05, 4.69) is 32.8 Å². The van der Waals surface area contributed by atoms with Crippen molar-refractivity contribution in [2.75, 3.05) is 20.6 Å². The lowest BCUT2D eigenvalue weighted by Crippen LogP contribution is -2.14. The third-order valence-electron chi connectivity index (χ3n) is 1.07. The third-order valence-corrected chi connectivity index (χ3v) is 1.07. The van der Waals surface area contributed by atoms with E-state index in [0.717, 1.165) is 6.54 Å². The molecule has 49 valence electrons. The zero-order valence-electron chi connectivity index (χ0n) is 6.15. The summed E-state index contributed by atoms with van der Waals surface area (Å²) in [5.41, 5.74) is 0. The molecule has 0 fully saturated rings. The Balaban J connectivity index is 2.93. The quantitative estimate of drug-likeness (QED) is 0.536. The van der Waals surface area contributed by atoms with E-state index >= 15 is 0 Å². The predicted octanol–water partition coefficient (Wildman–Crippen LogP) is 1.41. The molecule has 1 unspecified atom stereocenters. The fraction of sp³-hybridized carbons (Fsp3) is 0.857. The van der Waals surface area contributed by atoms with Gasteiger partial charge >= 0.3 is 0 Å². The molecule has 0 rings (SSSR count). The van der Waals surface area contributed by atoms with Crippen molar-refractivity contribution in [2.24, 2.45) is 5.92 Å². The smallest absolute Gasteiger partial charge is 0.00223 e. The minimum Gasteiger partial charge on any atom is -0.309 e. The summed E-state index contributed by atoms with van der Waals surface area (Å²) in [7, 11) is 4.17. The van der Waals surface area contributed by atoms with Crippen molar-refractivity contribution in [3.63, 3.8) is 0 Å². The molecule has 0 N–H and O–H groups in total. The van der Waals surface area contributed by atoms with Crippen LogP contribution in [0.25, 0.3) is 0 Å². The van der Waals surface area contributed by atoms with E-state index in [9.17, 15) is 0 Å². The van der Waals surface area contributed by atoms with Crippen molar-refractivity contribution in [3.8, 4) is 0 Å². The van der Waals surface area contributed by atoms with E-state index in [-0.39, 0.29) is 0 Å². The summed E-state index contributed by atoms with van der Waals surface area (Å²) in [6, 6.07) is 0. The van der Waals surface area contributed by atoms with E-state index in [1.165, 1.54) is 6.42 Å². The molecule has 1 nitrogen and oxygen atoms in total. The van der Waals surface area contributed by atoms with Gasteiger partial charge in [0.1, 0.15) is 0 Å². The minimum absolute atomic E-state index is 0.595. The van der Waals surface area contributed by atoms with Crippen molar-refractivity contribution in [1.29, 1.82) is 0 Å². The first-order chi connectivity index (χ1) is 3.63. The van der Waals surface area contributed by atoms with Crippen LogP contribution >= 0.6 is 0 Å². The summed E-state index contributed by atoms with van der Waals surface area (Å²) in [4.78, 5) is 2.18. The lowest BCUT2D eigenvalue weighted by Gasteiger charge is -2.10. The SMILES string of the molecule is [CH2]C(C)CCN(C)C. The lowest BCUT2D eigenvalue weighted by atomic mass is 10.1. The highest BCUT2D eigenvalue weighted by atomic mass is 15.0. The second kappa shape index (κ2) is 3.90. The summed E-state index contributed by atoms with van der Waals surface area (Å²) >= 11 is 0. The van der Waals surface area contributed by atoms with Gasteiger partial charge in [0.05, 0.1) is 0 Å². The molecule has 0 amide bonds. The molecule has 0 aromatic carbocycles. The fourth-order valence-corrected chi connectivity index (χ4v) is 0.479. The monoisotopic (exact) mass is 114 g/mol. The van der Waals surface area contributed by atoms with E-state index in [4.69, 9.17) is 0 Å². The molecule has 1 heteroatoms. The Morgan fingerprint density at radius 1 is 1.50 bits per heavy atom. The first kappa shape index (κ1) is 7.96. The van der Waals surface area contributed by atoms with Crippen molar-refractivity contribution in [3.05, 3.63) is 6.92 Å². The summed E-state index contributed by atoms with van der Waals surface area (Å²) in [6.45, 7) is 7.18. The number of rotatable bonds is 3. The van der Waals surface area contributed by atoms with Crippen LogP contribution < -0.4 is 0 Å². The second-order valence-corrected chi connectivity index (χ2v) is 2.70. The lowest BCUT2D eigenvalue weighted by molar-refractivity contribution is 0.379. The third kappa shape index (κ3) is 5.96. The number of hydrogen-bond acceptors (Lipinski definition) is 1. The van der Waals surface area contributed by atoms with E-state index in [0.29, 0.717) is 5.92 Å². The van der Waals surface area contributed by atoms with Crippen LogP contribution in [-0.4, -0.2) is 25.5 Å². The van der Waals surface area contributed by atoms with Crippen molar-refractivity contribution in [2.45, 2.75) is 13.3 Å². The molecule has 0 aliphatic carbocycles. The molecule has 0 spiro atoms. The molecule has 0 bridgehead atoms. The first-order valence-corrected chi connectivity index (χ1v) is 3.10. The van der Waals surface area contributed by atoms with Crippen LogP contribution in [0.15, 0.2) is 0 Å². The molecule has 0 saturated carbocycles. The maximum atomic E-state index is 3.88. The van der Waals surface area contributed by atoms with Gasteiger partial charge in [-0.15, -0.1) is 0 Å². The molecule has 0 aliphatic rings. The largest absolute Gasteiger partial charge is 0.309 e. The maximum absolute atomic E-state index is 3.88. The highest BCUT2D eigenvalue weighted by molar-refractivity contribution is 4.55. The highest BCUT2D eigenvalue weighted by Gasteiger charge is 1.93. The normalized spacial score (nSPS) is 11.2. The molecule has 8 heavy (non-hydrogen) atoms. The van der Waals surface area contributed by atoms with Crippen molar-refractivity contribution >= 4 is 0 Å². The van der Waals surface area contributed by atoms with Crippen LogP contribution in [0.1, 0.15) is 13.3 Å². The van der Waals surface area contributed by atoms with E-state index < -0.39 is 0 Å². The number of hydrogen-bond donors (Lipinski definition) is 0. The highest BCUT2D eigenvalue weighted by Crippen LogP contribution is 1.97. The van der Waals surface area contributed by atoms with Gasteiger partial charge in [0.15, 0.2) is 0 Å². The van der Waals surface area contributed by atoms with Crippen LogP contribution in [-0.2, 0) is 0 Å². The Bertz CT molecular complexity index is 40.3. The summed E-state index contributed by atoms with van der Waals surface area (Å²) < 4.78 is 0. The summed E-state index contributed by atoms with van der Waals surface area (Å²) in [5, 5.41) is 0. The molecule has 0 aromatic heterocycles. The van der Waals surface area contributed by atoms with Gasteiger partial charge in [-0.05, 0) is 33.0 Å². The van der Waals surface area contributed by atoms with Gasteiger partial charge in [-0.25, -0.2) is 0 Å². The van der Waals surface area contributed by atoms with E-state index in [1.54, 1.807) is 0 Å². The maximum Gasteiger partial charge on any atom is -0.00223 e. The molecular formula is C7H16N. The molecule has 1 radical (unpaired) electrons. The molecule has 1 atom stereocenters. The first-order valence-electron chi connectivity index (χ1n) is 3.10. The van der Waals surface area contributed by atoms with Gasteiger partial charge in [0.25, 0.3) is 0 Å². The van der Waals surface area contributed by atoms with Gasteiger partial charge in [-0.3, -0.25) is 0 Å². The average Bonchev–Trinajstić information content (AvgIpc) is 1.61.